The second-order valence-electron chi connectivity index (χ2n) is 6.26. The van der Waals surface area contributed by atoms with Crippen molar-refractivity contribution in [1.29, 1.82) is 0 Å². The molecule has 1 N–H and O–H groups in total. The smallest absolute Gasteiger partial charge is 0.228 e. The molecule has 0 saturated carbocycles. The highest BCUT2D eigenvalue weighted by Gasteiger charge is 2.07. The van der Waals surface area contributed by atoms with E-state index in [1.807, 2.05) is 59.1 Å². The molecule has 5 heteroatoms. The van der Waals surface area contributed by atoms with E-state index < -0.39 is 0 Å². The molecule has 1 aromatic carbocycles. The number of hydrogen-bond acceptors (Lipinski definition) is 3. The number of pyridine rings is 2. The van der Waals surface area contributed by atoms with E-state index in [-0.39, 0.29) is 5.91 Å². The molecule has 1 amide bonds. The van der Waals surface area contributed by atoms with Crippen molar-refractivity contribution >= 4 is 17.2 Å². The molecule has 4 aromatic rings. The molecule has 0 atom stereocenters. The average Bonchev–Trinajstić information content (AvgIpc) is 3.06. The van der Waals surface area contributed by atoms with Gasteiger partial charge >= 0.3 is 0 Å². The highest BCUT2D eigenvalue weighted by molar-refractivity contribution is 5.92. The Bertz CT molecular complexity index is 1050. The van der Waals surface area contributed by atoms with Gasteiger partial charge in [0.05, 0.1) is 12.1 Å². The molecule has 128 valence electrons. The fourth-order valence-electron chi connectivity index (χ4n) is 2.86. The van der Waals surface area contributed by atoms with Gasteiger partial charge in [-0.3, -0.25) is 9.78 Å². The molecule has 0 saturated heterocycles. The molecule has 0 aliphatic carbocycles. The summed E-state index contributed by atoms with van der Waals surface area (Å²) in [6.45, 7) is 2.06. The molecule has 0 unspecified atom stereocenters. The van der Waals surface area contributed by atoms with E-state index in [4.69, 9.17) is 0 Å². The van der Waals surface area contributed by atoms with Crippen LogP contribution in [0, 0.1) is 6.92 Å². The minimum absolute atomic E-state index is 0.0489. The fourth-order valence-corrected chi connectivity index (χ4v) is 2.86. The molecule has 0 aliphatic rings. The van der Waals surface area contributed by atoms with Gasteiger partial charge in [-0.05, 0) is 48.4 Å². The average molecular weight is 342 g/mol. The van der Waals surface area contributed by atoms with Gasteiger partial charge in [0.2, 0.25) is 5.91 Å². The van der Waals surface area contributed by atoms with E-state index in [0.717, 1.165) is 28.2 Å². The van der Waals surface area contributed by atoms with Gasteiger partial charge in [-0.25, -0.2) is 4.98 Å². The zero-order valence-corrected chi connectivity index (χ0v) is 14.4. The Kier molecular flexibility index (Phi) is 4.19. The summed E-state index contributed by atoms with van der Waals surface area (Å²) in [7, 11) is 0. The Morgan fingerprint density at radius 3 is 2.54 bits per heavy atom. The molecule has 0 radical (unpaired) electrons. The van der Waals surface area contributed by atoms with Crippen molar-refractivity contribution in [3.63, 3.8) is 0 Å². The molecule has 3 aromatic heterocycles. The van der Waals surface area contributed by atoms with Crippen molar-refractivity contribution in [2.45, 2.75) is 13.3 Å². The van der Waals surface area contributed by atoms with E-state index in [1.165, 1.54) is 5.56 Å². The zero-order valence-electron chi connectivity index (χ0n) is 14.4. The predicted octanol–water partition coefficient (Wildman–Crippen LogP) is 3.89. The van der Waals surface area contributed by atoms with Crippen molar-refractivity contribution in [1.82, 2.24) is 14.4 Å². The first-order valence-electron chi connectivity index (χ1n) is 8.42. The number of amides is 1. The van der Waals surface area contributed by atoms with E-state index in [9.17, 15) is 4.79 Å². The summed E-state index contributed by atoms with van der Waals surface area (Å²) >= 11 is 0. The number of rotatable bonds is 4. The predicted molar refractivity (Wildman–Crippen MR) is 102 cm³/mol. The van der Waals surface area contributed by atoms with Crippen molar-refractivity contribution in [2.75, 3.05) is 5.32 Å². The maximum Gasteiger partial charge on any atom is 0.228 e. The quantitative estimate of drug-likeness (QED) is 0.612. The first-order valence-corrected chi connectivity index (χ1v) is 8.42. The first-order chi connectivity index (χ1) is 12.7. The van der Waals surface area contributed by atoms with Crippen LogP contribution in [0.25, 0.3) is 16.9 Å². The Morgan fingerprint density at radius 2 is 1.77 bits per heavy atom. The number of fused-ring (bicyclic) bond motifs is 1. The molecule has 5 nitrogen and oxygen atoms in total. The summed E-state index contributed by atoms with van der Waals surface area (Å²) in [5.74, 6) is -0.0489. The Labute approximate surface area is 151 Å². The van der Waals surface area contributed by atoms with Gasteiger partial charge in [0.1, 0.15) is 5.65 Å². The van der Waals surface area contributed by atoms with Gasteiger partial charge < -0.3 is 9.72 Å². The van der Waals surface area contributed by atoms with Crippen LogP contribution in [0.5, 0.6) is 0 Å². The Balaban J connectivity index is 1.48. The lowest BCUT2D eigenvalue weighted by Crippen LogP contribution is -2.14. The molecular weight excluding hydrogens is 324 g/mol. The summed E-state index contributed by atoms with van der Waals surface area (Å²) in [5.41, 5.74) is 5.74. The van der Waals surface area contributed by atoms with Crippen LogP contribution in [0.1, 0.15) is 11.1 Å². The number of imidazole rings is 1. The third-order valence-electron chi connectivity index (χ3n) is 4.18. The van der Waals surface area contributed by atoms with E-state index in [0.29, 0.717) is 6.42 Å². The lowest BCUT2D eigenvalue weighted by atomic mass is 10.1. The monoisotopic (exact) mass is 342 g/mol. The van der Waals surface area contributed by atoms with E-state index in [1.54, 1.807) is 12.4 Å². The number of aryl methyl sites for hydroxylation is 1. The summed E-state index contributed by atoms with van der Waals surface area (Å²) in [4.78, 5) is 20.7. The second-order valence-corrected chi connectivity index (χ2v) is 6.26. The highest BCUT2D eigenvalue weighted by Crippen LogP contribution is 2.21. The number of carbonyl (C=O) groups is 1. The first kappa shape index (κ1) is 16.0. The van der Waals surface area contributed by atoms with Gasteiger partial charge in [-0.1, -0.05) is 18.2 Å². The maximum atomic E-state index is 12.1. The normalized spacial score (nSPS) is 10.8. The van der Waals surface area contributed by atoms with E-state index >= 15 is 0 Å². The van der Waals surface area contributed by atoms with Gasteiger partial charge in [0, 0.05) is 36.0 Å². The molecule has 4 rings (SSSR count). The summed E-state index contributed by atoms with van der Waals surface area (Å²) in [6.07, 6.45) is 7.77. The number of benzene rings is 1. The fraction of sp³-hybridized carbons (Fsp3) is 0.0952. The molecule has 3 heterocycles. The van der Waals surface area contributed by atoms with Crippen LogP contribution in [0.4, 0.5) is 5.69 Å². The van der Waals surface area contributed by atoms with Gasteiger partial charge in [0.15, 0.2) is 0 Å². The third kappa shape index (κ3) is 3.47. The molecule has 0 fully saturated rings. The third-order valence-corrected chi connectivity index (χ3v) is 4.18. The minimum atomic E-state index is -0.0489. The molecule has 0 aliphatic heterocycles. The Hall–Kier alpha value is -3.47. The van der Waals surface area contributed by atoms with Crippen LogP contribution in [-0.2, 0) is 11.2 Å². The van der Waals surface area contributed by atoms with Gasteiger partial charge in [-0.15, -0.1) is 0 Å². The van der Waals surface area contributed by atoms with Crippen molar-refractivity contribution in [2.24, 2.45) is 0 Å². The number of anilines is 1. The SMILES string of the molecule is Cc1ccc2nc(-c3ccc(NC(=O)Cc4ccncc4)cc3)cn2c1. The van der Waals surface area contributed by atoms with Crippen molar-refractivity contribution < 1.29 is 4.79 Å². The summed E-state index contributed by atoms with van der Waals surface area (Å²) in [6, 6.07) is 15.5. The van der Waals surface area contributed by atoms with Crippen LogP contribution in [0.3, 0.4) is 0 Å². The number of nitrogens with one attached hydrogen (secondary N) is 1. The van der Waals surface area contributed by atoms with Crippen LogP contribution < -0.4 is 5.32 Å². The van der Waals surface area contributed by atoms with E-state index in [2.05, 4.69) is 28.4 Å². The minimum Gasteiger partial charge on any atom is -0.326 e. The zero-order chi connectivity index (χ0) is 17.9. The number of aromatic nitrogens is 3. The van der Waals surface area contributed by atoms with Crippen LogP contribution >= 0.6 is 0 Å². The lowest BCUT2D eigenvalue weighted by Gasteiger charge is -2.06. The topological polar surface area (TPSA) is 59.3 Å². The summed E-state index contributed by atoms with van der Waals surface area (Å²) < 4.78 is 2.02. The van der Waals surface area contributed by atoms with Crippen LogP contribution in [0.15, 0.2) is 73.3 Å². The standard InChI is InChI=1S/C21H18N4O/c1-15-2-7-20-24-19(14-25(20)13-15)17-3-5-18(6-4-17)23-21(26)12-16-8-10-22-11-9-16/h2-11,13-14H,12H2,1H3,(H,23,26). The molecular formula is C21H18N4O. The Morgan fingerprint density at radius 1 is 1.00 bits per heavy atom. The summed E-state index contributed by atoms with van der Waals surface area (Å²) in [5, 5.41) is 2.92. The van der Waals surface area contributed by atoms with Crippen molar-refractivity contribution in [3.05, 3.63) is 84.4 Å². The van der Waals surface area contributed by atoms with Gasteiger partial charge in [0.25, 0.3) is 0 Å². The number of hydrogen-bond donors (Lipinski definition) is 1. The van der Waals surface area contributed by atoms with Crippen LogP contribution in [-0.4, -0.2) is 20.3 Å². The second kappa shape index (κ2) is 6.80. The van der Waals surface area contributed by atoms with Crippen molar-refractivity contribution in [3.8, 4) is 11.3 Å². The van der Waals surface area contributed by atoms with Gasteiger partial charge in [-0.2, -0.15) is 0 Å². The van der Waals surface area contributed by atoms with Crippen LogP contribution in [0.2, 0.25) is 0 Å². The molecule has 0 bridgehead atoms. The number of nitrogens with zero attached hydrogens (tertiary/aromatic N) is 3. The largest absolute Gasteiger partial charge is 0.326 e. The lowest BCUT2D eigenvalue weighted by molar-refractivity contribution is -0.115. The highest BCUT2D eigenvalue weighted by atomic mass is 16.1. The molecule has 0 spiro atoms. The maximum absolute atomic E-state index is 12.1. The molecule has 26 heavy (non-hydrogen) atoms. The number of carbonyl (C=O) groups excluding carboxylic acids is 1.